The number of thioether (sulfide) groups is 1. The summed E-state index contributed by atoms with van der Waals surface area (Å²) >= 11 is 6.07. The van der Waals surface area contributed by atoms with E-state index in [1.165, 1.54) is 0 Å². The number of nitrogens with one attached hydrogen (secondary N) is 1. The Bertz CT molecular complexity index is 394. The highest BCUT2D eigenvalue weighted by molar-refractivity contribution is 8.00. The van der Waals surface area contributed by atoms with Crippen molar-refractivity contribution in [1.82, 2.24) is 5.32 Å². The molecule has 0 aromatic heterocycles. The molecule has 18 heavy (non-hydrogen) atoms. The van der Waals surface area contributed by atoms with Crippen LogP contribution in [0.1, 0.15) is 37.0 Å². The maximum atomic E-state index is 12.0. The fourth-order valence-electron chi connectivity index (χ4n) is 1.85. The molecule has 100 valence electrons. The molecule has 2 nitrogen and oxygen atoms in total. The summed E-state index contributed by atoms with van der Waals surface area (Å²) in [4.78, 5) is 12.8. The Labute approximate surface area is 119 Å². The normalized spacial score (nSPS) is 11.3. The monoisotopic (exact) mass is 283 g/mol. The van der Waals surface area contributed by atoms with Crippen molar-refractivity contribution in [2.24, 2.45) is 0 Å². The predicted octanol–water partition coefficient (Wildman–Crippen LogP) is 3.63. The van der Waals surface area contributed by atoms with Gasteiger partial charge in [-0.1, -0.05) is 19.9 Å². The van der Waals surface area contributed by atoms with E-state index in [-0.39, 0.29) is 10.7 Å². The molecule has 0 aliphatic carbocycles. The van der Waals surface area contributed by atoms with Crippen molar-refractivity contribution in [3.05, 3.63) is 29.8 Å². The second-order valence-electron chi connectivity index (χ2n) is 4.33. The summed E-state index contributed by atoms with van der Waals surface area (Å²) in [5.41, 5.74) is 0.671. The quantitative estimate of drug-likeness (QED) is 0.781. The summed E-state index contributed by atoms with van der Waals surface area (Å²) in [5.74, 6) is -0.0220. The lowest BCUT2D eigenvalue weighted by molar-refractivity contribution is 0.0948. The van der Waals surface area contributed by atoms with Crippen molar-refractivity contribution in [3.8, 4) is 0 Å². The summed E-state index contributed by atoms with van der Waals surface area (Å²) in [6.07, 6.45) is 4.21. The van der Waals surface area contributed by atoms with Crippen LogP contribution in [-0.4, -0.2) is 23.5 Å². The van der Waals surface area contributed by atoms with Crippen LogP contribution in [0.2, 0.25) is 0 Å². The first kappa shape index (κ1) is 15.4. The van der Waals surface area contributed by atoms with E-state index in [9.17, 15) is 4.79 Å². The van der Waals surface area contributed by atoms with Crippen molar-refractivity contribution in [2.75, 3.05) is 12.8 Å². The van der Waals surface area contributed by atoms with Crippen LogP contribution < -0.4 is 5.32 Å². The number of hydrogen-bond acceptors (Lipinski definition) is 3. The van der Waals surface area contributed by atoms with Gasteiger partial charge < -0.3 is 5.32 Å². The standard InChI is InChI=1S/C14H21NOS2/c1-4-14(5-2,18-3)10-15-13(16)11-7-6-8-12(17)9-11/h6-9,17H,4-5,10H2,1-3H3,(H,15,16). The van der Waals surface area contributed by atoms with Crippen LogP contribution >= 0.6 is 24.4 Å². The minimum atomic E-state index is -0.0220. The van der Waals surface area contributed by atoms with Crippen LogP contribution in [-0.2, 0) is 0 Å². The van der Waals surface area contributed by atoms with Crippen LogP contribution in [0.3, 0.4) is 0 Å². The second-order valence-corrected chi connectivity index (χ2v) is 6.12. The van der Waals surface area contributed by atoms with Crippen molar-refractivity contribution in [1.29, 1.82) is 0 Å². The van der Waals surface area contributed by atoms with Crippen molar-refractivity contribution in [2.45, 2.75) is 36.3 Å². The second kappa shape index (κ2) is 7.10. The number of carbonyl (C=O) groups is 1. The Morgan fingerprint density at radius 2 is 2.06 bits per heavy atom. The highest BCUT2D eigenvalue weighted by atomic mass is 32.2. The van der Waals surface area contributed by atoms with Gasteiger partial charge in [-0.15, -0.1) is 12.6 Å². The maximum Gasteiger partial charge on any atom is 0.251 e. The summed E-state index contributed by atoms with van der Waals surface area (Å²) in [6, 6.07) is 7.31. The van der Waals surface area contributed by atoms with Crippen LogP contribution in [0.15, 0.2) is 29.2 Å². The van der Waals surface area contributed by atoms with Gasteiger partial charge in [0.1, 0.15) is 0 Å². The molecule has 0 aliphatic heterocycles. The average molecular weight is 283 g/mol. The first-order valence-electron chi connectivity index (χ1n) is 6.19. The highest BCUT2D eigenvalue weighted by Gasteiger charge is 2.25. The number of hydrogen-bond donors (Lipinski definition) is 2. The zero-order valence-electron chi connectivity index (χ0n) is 11.2. The minimum Gasteiger partial charge on any atom is -0.351 e. The van der Waals surface area contributed by atoms with E-state index in [1.54, 1.807) is 6.07 Å². The first-order valence-corrected chi connectivity index (χ1v) is 7.86. The lowest BCUT2D eigenvalue weighted by Crippen LogP contribution is -2.39. The lowest BCUT2D eigenvalue weighted by Gasteiger charge is -2.29. The molecule has 1 N–H and O–H groups in total. The smallest absolute Gasteiger partial charge is 0.251 e. The first-order chi connectivity index (χ1) is 8.56. The highest BCUT2D eigenvalue weighted by Crippen LogP contribution is 2.29. The molecule has 1 aromatic carbocycles. The Kier molecular flexibility index (Phi) is 6.09. The molecule has 0 atom stereocenters. The Morgan fingerprint density at radius 1 is 1.39 bits per heavy atom. The van der Waals surface area contributed by atoms with E-state index in [0.717, 1.165) is 17.7 Å². The molecule has 0 saturated carbocycles. The van der Waals surface area contributed by atoms with Crippen LogP contribution in [0.25, 0.3) is 0 Å². The molecule has 1 amide bonds. The number of benzene rings is 1. The van der Waals surface area contributed by atoms with Crippen LogP contribution in [0, 0.1) is 0 Å². The van der Waals surface area contributed by atoms with Gasteiger partial charge in [-0.2, -0.15) is 11.8 Å². The van der Waals surface area contributed by atoms with E-state index in [1.807, 2.05) is 30.0 Å². The molecule has 0 radical (unpaired) electrons. The molecular formula is C14H21NOS2. The largest absolute Gasteiger partial charge is 0.351 e. The third kappa shape index (κ3) is 3.95. The number of amides is 1. The summed E-state index contributed by atoms with van der Waals surface area (Å²) in [6.45, 7) is 5.04. The van der Waals surface area contributed by atoms with E-state index in [2.05, 4.69) is 38.0 Å². The molecule has 0 heterocycles. The van der Waals surface area contributed by atoms with Crippen molar-refractivity contribution in [3.63, 3.8) is 0 Å². The summed E-state index contributed by atoms with van der Waals surface area (Å²) < 4.78 is 0.147. The molecule has 0 aliphatic rings. The average Bonchev–Trinajstić information content (AvgIpc) is 2.40. The molecular weight excluding hydrogens is 262 g/mol. The maximum absolute atomic E-state index is 12.0. The predicted molar refractivity (Wildman–Crippen MR) is 82.9 cm³/mol. The SMILES string of the molecule is CCC(CC)(CNC(=O)c1cccc(S)c1)SC. The van der Waals surface area contributed by atoms with E-state index in [4.69, 9.17) is 0 Å². The van der Waals surface area contributed by atoms with E-state index in [0.29, 0.717) is 12.1 Å². The third-order valence-electron chi connectivity index (χ3n) is 3.40. The summed E-state index contributed by atoms with van der Waals surface area (Å²) in [7, 11) is 0. The number of carbonyl (C=O) groups excluding carboxylic acids is 1. The zero-order valence-corrected chi connectivity index (χ0v) is 12.9. The van der Waals surface area contributed by atoms with Crippen LogP contribution in [0.4, 0.5) is 0 Å². The molecule has 0 unspecified atom stereocenters. The van der Waals surface area contributed by atoms with Gasteiger partial charge in [0.15, 0.2) is 0 Å². The summed E-state index contributed by atoms with van der Waals surface area (Å²) in [5, 5.41) is 3.03. The van der Waals surface area contributed by atoms with E-state index < -0.39 is 0 Å². The van der Waals surface area contributed by atoms with Crippen LogP contribution in [0.5, 0.6) is 0 Å². The van der Waals surface area contributed by atoms with Gasteiger partial charge in [-0.3, -0.25) is 4.79 Å². The van der Waals surface area contributed by atoms with Gasteiger partial charge >= 0.3 is 0 Å². The van der Waals surface area contributed by atoms with Gasteiger partial charge in [0, 0.05) is 21.8 Å². The van der Waals surface area contributed by atoms with Gasteiger partial charge in [0.05, 0.1) is 0 Å². The van der Waals surface area contributed by atoms with Gasteiger partial charge in [0.2, 0.25) is 0 Å². The molecule has 0 bridgehead atoms. The molecule has 0 fully saturated rings. The van der Waals surface area contributed by atoms with Crippen molar-refractivity contribution >= 4 is 30.3 Å². The molecule has 1 aromatic rings. The molecule has 1 rings (SSSR count). The molecule has 0 spiro atoms. The van der Waals surface area contributed by atoms with E-state index >= 15 is 0 Å². The fraction of sp³-hybridized carbons (Fsp3) is 0.500. The van der Waals surface area contributed by atoms with Gasteiger partial charge in [-0.05, 0) is 37.3 Å². The fourth-order valence-corrected chi connectivity index (χ4v) is 2.87. The Hall–Kier alpha value is -0.610. The topological polar surface area (TPSA) is 29.1 Å². The Morgan fingerprint density at radius 3 is 2.56 bits per heavy atom. The molecule has 4 heteroatoms. The molecule has 0 saturated heterocycles. The van der Waals surface area contributed by atoms with Gasteiger partial charge in [0.25, 0.3) is 5.91 Å². The minimum absolute atomic E-state index is 0.0220. The number of rotatable bonds is 6. The third-order valence-corrected chi connectivity index (χ3v) is 5.27. The Balaban J connectivity index is 2.66. The number of thiol groups is 1. The zero-order chi connectivity index (χ0) is 13.6. The van der Waals surface area contributed by atoms with Gasteiger partial charge in [-0.25, -0.2) is 0 Å². The van der Waals surface area contributed by atoms with Crippen molar-refractivity contribution < 1.29 is 4.79 Å². The lowest BCUT2D eigenvalue weighted by atomic mass is 10.0.